The van der Waals surface area contributed by atoms with Gasteiger partial charge in [-0.25, -0.2) is 8.42 Å². The Bertz CT molecular complexity index is 1450. The van der Waals surface area contributed by atoms with Gasteiger partial charge in [0.25, 0.3) is 0 Å². The van der Waals surface area contributed by atoms with E-state index in [2.05, 4.69) is 4.72 Å². The van der Waals surface area contributed by atoms with Gasteiger partial charge in [-0.05, 0) is 54.5 Å². The highest BCUT2D eigenvalue weighted by Crippen LogP contribution is 2.26. The van der Waals surface area contributed by atoms with Crippen molar-refractivity contribution in [2.75, 3.05) is 33.2 Å². The molecule has 0 spiro atoms. The largest absolute Gasteiger partial charge is 0.481 e. The Balaban J connectivity index is 1.59. The van der Waals surface area contributed by atoms with E-state index in [4.69, 9.17) is 11.1 Å². The van der Waals surface area contributed by atoms with Gasteiger partial charge in [-0.3, -0.25) is 19.8 Å². The fourth-order valence-electron chi connectivity index (χ4n) is 6.21. The third-order valence-corrected chi connectivity index (χ3v) is 10.3. The van der Waals surface area contributed by atoms with Crippen molar-refractivity contribution in [3.8, 4) is 0 Å². The van der Waals surface area contributed by atoms with Gasteiger partial charge < -0.3 is 25.5 Å². The van der Waals surface area contributed by atoms with Crippen LogP contribution in [-0.2, 0) is 24.4 Å². The van der Waals surface area contributed by atoms with Crippen LogP contribution in [0.3, 0.4) is 0 Å². The standard InChI is InChI=1S/C31H44N6O6S/c1-35(25-13-16-36(17-14-25)31(32)33)28(38)20-27(30(41)37(18-15-29(39)40)21-22-7-3-2-4-8-22)34-44(42,43)26-12-11-23-9-5-6-10-24(23)19-26/h5-6,9-12,19,22,25,27,34H,2-4,7-8,13-18,20-21H2,1H3,(H3,32,33)(H,39,40)/t27-/m0/s1. The summed E-state index contributed by atoms with van der Waals surface area (Å²) in [6.07, 6.45) is 5.43. The third kappa shape index (κ3) is 8.69. The van der Waals surface area contributed by atoms with E-state index in [9.17, 15) is 27.9 Å². The maximum absolute atomic E-state index is 14.1. The predicted octanol–water partition coefficient (Wildman–Crippen LogP) is 2.58. The van der Waals surface area contributed by atoms with Gasteiger partial charge in [-0.1, -0.05) is 49.6 Å². The second-order valence-corrected chi connectivity index (χ2v) is 13.6. The number of hydrogen-bond donors (Lipinski definition) is 4. The molecule has 2 aromatic rings. The highest BCUT2D eigenvalue weighted by molar-refractivity contribution is 7.89. The lowest BCUT2D eigenvalue weighted by Crippen LogP contribution is -2.53. The molecule has 13 heteroatoms. The van der Waals surface area contributed by atoms with Gasteiger partial charge in [-0.15, -0.1) is 0 Å². The first kappa shape index (κ1) is 33.2. The van der Waals surface area contributed by atoms with Crippen molar-refractivity contribution in [1.82, 2.24) is 19.4 Å². The summed E-state index contributed by atoms with van der Waals surface area (Å²) in [5, 5.41) is 18.6. The monoisotopic (exact) mass is 628 g/mol. The first-order valence-corrected chi connectivity index (χ1v) is 16.8. The number of nitrogens with two attached hydrogens (primary N) is 1. The number of aliphatic carboxylic acids is 1. The van der Waals surface area contributed by atoms with Gasteiger partial charge in [0.2, 0.25) is 21.8 Å². The molecule has 1 heterocycles. The van der Waals surface area contributed by atoms with E-state index >= 15 is 0 Å². The van der Waals surface area contributed by atoms with Gasteiger partial charge in [0.1, 0.15) is 6.04 Å². The maximum atomic E-state index is 14.1. The number of carbonyl (C=O) groups excluding carboxylic acids is 2. The highest BCUT2D eigenvalue weighted by atomic mass is 32.2. The molecule has 2 aromatic carbocycles. The lowest BCUT2D eigenvalue weighted by atomic mass is 9.88. The second-order valence-electron chi connectivity index (χ2n) is 11.9. The Morgan fingerprint density at radius 2 is 1.70 bits per heavy atom. The Kier molecular flexibility index (Phi) is 11.2. The highest BCUT2D eigenvalue weighted by Gasteiger charge is 2.35. The van der Waals surface area contributed by atoms with Gasteiger partial charge in [0.05, 0.1) is 17.7 Å². The number of hydrogen-bond acceptors (Lipinski definition) is 6. The molecule has 2 fully saturated rings. The molecule has 1 saturated carbocycles. The SMILES string of the molecule is CN(C(=O)C[C@H](NS(=O)(=O)c1ccc2ccccc2c1)C(=O)N(CCC(=O)O)CC1CCCCC1)C1CCN(C(=N)N)CC1. The fraction of sp³-hybridized carbons (Fsp3) is 0.548. The predicted molar refractivity (Wildman–Crippen MR) is 167 cm³/mol. The maximum Gasteiger partial charge on any atom is 0.305 e. The molecule has 12 nitrogen and oxygen atoms in total. The van der Waals surface area contributed by atoms with Crippen molar-refractivity contribution in [2.45, 2.75) is 74.8 Å². The van der Waals surface area contributed by atoms with Crippen LogP contribution in [0.2, 0.25) is 0 Å². The molecule has 2 amide bonds. The van der Waals surface area contributed by atoms with Gasteiger partial charge >= 0.3 is 5.97 Å². The summed E-state index contributed by atoms with van der Waals surface area (Å²) in [7, 11) is -2.60. The van der Waals surface area contributed by atoms with Crippen LogP contribution in [0, 0.1) is 11.3 Å². The van der Waals surface area contributed by atoms with E-state index in [0.717, 1.165) is 37.5 Å². The molecule has 1 aliphatic heterocycles. The van der Waals surface area contributed by atoms with E-state index in [1.165, 1.54) is 17.0 Å². The summed E-state index contributed by atoms with van der Waals surface area (Å²) in [6.45, 7) is 1.26. The van der Waals surface area contributed by atoms with Crippen LogP contribution in [0.1, 0.15) is 57.8 Å². The molecule has 240 valence electrons. The van der Waals surface area contributed by atoms with Crippen LogP contribution >= 0.6 is 0 Å². The van der Waals surface area contributed by atoms with Crippen molar-refractivity contribution in [1.29, 1.82) is 5.41 Å². The summed E-state index contributed by atoms with van der Waals surface area (Å²) in [4.78, 5) is 43.8. The van der Waals surface area contributed by atoms with Gasteiger partial charge in [0.15, 0.2) is 5.96 Å². The number of rotatable bonds is 12. The zero-order chi connectivity index (χ0) is 31.9. The van der Waals surface area contributed by atoms with Crippen LogP contribution in [0.4, 0.5) is 0 Å². The lowest BCUT2D eigenvalue weighted by molar-refractivity contribution is -0.142. The Morgan fingerprint density at radius 3 is 2.34 bits per heavy atom. The molecular weight excluding hydrogens is 584 g/mol. The number of likely N-dealkylation sites (tertiary alicyclic amines) is 1. The number of guanidine groups is 1. The first-order valence-electron chi connectivity index (χ1n) is 15.3. The van der Waals surface area contributed by atoms with Crippen LogP contribution in [0.25, 0.3) is 10.8 Å². The second kappa shape index (κ2) is 14.8. The van der Waals surface area contributed by atoms with Crippen LogP contribution in [0.5, 0.6) is 0 Å². The Morgan fingerprint density at radius 1 is 1.05 bits per heavy atom. The Labute approximate surface area is 259 Å². The van der Waals surface area contributed by atoms with Crippen molar-refractivity contribution >= 4 is 44.5 Å². The number of nitrogens with one attached hydrogen (secondary N) is 2. The number of amides is 2. The molecule has 0 radical (unpaired) electrons. The molecule has 5 N–H and O–H groups in total. The number of sulfonamides is 1. The normalized spacial score (nSPS) is 17.2. The minimum absolute atomic E-state index is 0.0226. The average Bonchev–Trinajstić information content (AvgIpc) is 3.02. The minimum Gasteiger partial charge on any atom is -0.481 e. The fourth-order valence-corrected chi connectivity index (χ4v) is 7.43. The number of carbonyl (C=O) groups is 3. The van der Waals surface area contributed by atoms with Crippen molar-refractivity contribution in [3.63, 3.8) is 0 Å². The molecule has 0 aromatic heterocycles. The summed E-state index contributed by atoms with van der Waals surface area (Å²) in [5.74, 6) is -1.90. The zero-order valence-corrected chi connectivity index (χ0v) is 26.1. The molecule has 1 aliphatic carbocycles. The smallest absolute Gasteiger partial charge is 0.305 e. The Hall–Kier alpha value is -3.71. The van der Waals surface area contributed by atoms with Crippen LogP contribution < -0.4 is 10.5 Å². The molecule has 0 bridgehead atoms. The van der Waals surface area contributed by atoms with Gasteiger partial charge in [0, 0.05) is 39.3 Å². The molecule has 0 unspecified atom stereocenters. The van der Waals surface area contributed by atoms with E-state index in [0.29, 0.717) is 37.9 Å². The molecular formula is C31H44N6O6S. The number of nitrogens with zero attached hydrogens (tertiary/aromatic N) is 3. The lowest BCUT2D eigenvalue weighted by Gasteiger charge is -2.37. The summed E-state index contributed by atoms with van der Waals surface area (Å²) >= 11 is 0. The minimum atomic E-state index is -4.24. The van der Waals surface area contributed by atoms with Crippen molar-refractivity contribution in [3.05, 3.63) is 42.5 Å². The number of carboxylic acid groups (broad SMARTS) is 1. The number of fused-ring (bicyclic) bond motifs is 1. The molecule has 1 saturated heterocycles. The number of benzene rings is 2. The molecule has 2 aliphatic rings. The van der Waals surface area contributed by atoms with E-state index in [-0.39, 0.29) is 35.8 Å². The van der Waals surface area contributed by atoms with Gasteiger partial charge in [-0.2, -0.15) is 4.72 Å². The molecule has 1 atom stereocenters. The summed E-state index contributed by atoms with van der Waals surface area (Å²) in [5.41, 5.74) is 5.61. The topological polar surface area (TPSA) is 177 Å². The van der Waals surface area contributed by atoms with Crippen molar-refractivity contribution < 1.29 is 27.9 Å². The number of carboxylic acids is 1. The van der Waals surface area contributed by atoms with Crippen LogP contribution in [-0.4, -0.2) is 97.3 Å². The van der Waals surface area contributed by atoms with Crippen LogP contribution in [0.15, 0.2) is 47.4 Å². The number of piperidine rings is 1. The molecule has 44 heavy (non-hydrogen) atoms. The van der Waals surface area contributed by atoms with E-state index in [1.807, 2.05) is 12.1 Å². The quantitative estimate of drug-likeness (QED) is 0.205. The molecule has 4 rings (SSSR count). The average molecular weight is 629 g/mol. The zero-order valence-electron chi connectivity index (χ0n) is 25.3. The summed E-state index contributed by atoms with van der Waals surface area (Å²) in [6, 6.07) is 10.4. The van der Waals surface area contributed by atoms with Crippen molar-refractivity contribution in [2.24, 2.45) is 11.7 Å². The van der Waals surface area contributed by atoms with E-state index in [1.54, 1.807) is 35.0 Å². The first-order chi connectivity index (χ1) is 20.9. The third-order valence-electron chi connectivity index (χ3n) is 8.86. The van der Waals surface area contributed by atoms with E-state index < -0.39 is 40.3 Å². The summed E-state index contributed by atoms with van der Waals surface area (Å²) < 4.78 is 29.9.